The van der Waals surface area contributed by atoms with Gasteiger partial charge >= 0.3 is 0 Å². The van der Waals surface area contributed by atoms with Crippen LogP contribution in [0.2, 0.25) is 0 Å². The lowest BCUT2D eigenvalue weighted by Gasteiger charge is -2.16. The first kappa shape index (κ1) is 12.7. The highest BCUT2D eigenvalue weighted by Crippen LogP contribution is 2.23. The Balaban J connectivity index is 2.67. The molecule has 0 aliphatic heterocycles. The van der Waals surface area contributed by atoms with Crippen molar-refractivity contribution >= 4 is 15.9 Å². The summed E-state index contributed by atoms with van der Waals surface area (Å²) >= 11 is 3.44. The molecule has 0 aliphatic rings. The third-order valence-electron chi connectivity index (χ3n) is 2.49. The summed E-state index contributed by atoms with van der Waals surface area (Å²) in [5.74, 6) is 0.964. The van der Waals surface area contributed by atoms with Gasteiger partial charge in [-0.25, -0.2) is 0 Å². The summed E-state index contributed by atoms with van der Waals surface area (Å²) in [5.41, 5.74) is 6.70. The molecular weight excluding hydrogens is 256 g/mol. The average molecular weight is 275 g/mol. The molecule has 0 saturated carbocycles. The van der Waals surface area contributed by atoms with E-state index in [4.69, 9.17) is 10.2 Å². The first-order valence-electron chi connectivity index (χ1n) is 5.40. The van der Waals surface area contributed by atoms with Gasteiger partial charge in [0.05, 0.1) is 0 Å². The number of furan rings is 1. The van der Waals surface area contributed by atoms with Gasteiger partial charge in [-0.15, -0.1) is 0 Å². The number of hydrogen-bond acceptors (Lipinski definition) is 3. The number of nitrogens with zero attached hydrogens (tertiary/aromatic N) is 1. The SMILES string of the molecule is CCN(CC)Cc1cc(CCN)oc1Br. The third-order valence-corrected chi connectivity index (χ3v) is 3.16. The monoisotopic (exact) mass is 274 g/mol. The highest BCUT2D eigenvalue weighted by molar-refractivity contribution is 9.10. The Morgan fingerprint density at radius 3 is 2.60 bits per heavy atom. The van der Waals surface area contributed by atoms with Crippen LogP contribution in [0.4, 0.5) is 0 Å². The van der Waals surface area contributed by atoms with Crippen molar-refractivity contribution in [2.75, 3.05) is 19.6 Å². The van der Waals surface area contributed by atoms with Gasteiger partial charge < -0.3 is 10.2 Å². The second-order valence-electron chi connectivity index (χ2n) is 3.51. The topological polar surface area (TPSA) is 42.4 Å². The molecule has 3 nitrogen and oxygen atoms in total. The fraction of sp³-hybridized carbons (Fsp3) is 0.636. The third kappa shape index (κ3) is 3.63. The number of hydrogen-bond donors (Lipinski definition) is 1. The molecule has 0 aliphatic carbocycles. The fourth-order valence-corrected chi connectivity index (χ4v) is 1.97. The number of nitrogens with two attached hydrogens (primary N) is 1. The summed E-state index contributed by atoms with van der Waals surface area (Å²) in [7, 11) is 0. The van der Waals surface area contributed by atoms with Crippen LogP contribution in [-0.2, 0) is 13.0 Å². The number of rotatable bonds is 6. The van der Waals surface area contributed by atoms with E-state index in [9.17, 15) is 0 Å². The molecule has 0 unspecified atom stereocenters. The molecule has 4 heteroatoms. The molecule has 0 amide bonds. The van der Waals surface area contributed by atoms with Crippen molar-refractivity contribution in [3.63, 3.8) is 0 Å². The zero-order valence-electron chi connectivity index (χ0n) is 9.42. The van der Waals surface area contributed by atoms with Gasteiger partial charge in [-0.05, 0) is 41.6 Å². The zero-order chi connectivity index (χ0) is 11.3. The summed E-state index contributed by atoms with van der Waals surface area (Å²) < 4.78 is 6.40. The van der Waals surface area contributed by atoms with E-state index in [1.165, 1.54) is 5.56 Å². The van der Waals surface area contributed by atoms with Crippen molar-refractivity contribution in [2.45, 2.75) is 26.8 Å². The molecule has 1 heterocycles. The van der Waals surface area contributed by atoms with E-state index < -0.39 is 0 Å². The lowest BCUT2D eigenvalue weighted by Crippen LogP contribution is -2.21. The highest BCUT2D eigenvalue weighted by atomic mass is 79.9. The van der Waals surface area contributed by atoms with Crippen LogP contribution >= 0.6 is 15.9 Å². The molecule has 0 atom stereocenters. The van der Waals surface area contributed by atoms with Gasteiger partial charge in [0.15, 0.2) is 4.67 Å². The van der Waals surface area contributed by atoms with Crippen molar-refractivity contribution in [1.29, 1.82) is 0 Å². The molecule has 0 spiro atoms. The average Bonchev–Trinajstić information content (AvgIpc) is 2.56. The molecular formula is C11H19BrN2O. The summed E-state index contributed by atoms with van der Waals surface area (Å²) in [5, 5.41) is 0. The lowest BCUT2D eigenvalue weighted by atomic mass is 10.2. The molecule has 1 aromatic heterocycles. The first-order valence-corrected chi connectivity index (χ1v) is 6.20. The Bertz CT molecular complexity index is 295. The van der Waals surface area contributed by atoms with Gasteiger partial charge in [-0.2, -0.15) is 0 Å². The predicted molar refractivity (Wildman–Crippen MR) is 65.8 cm³/mol. The molecule has 0 radical (unpaired) electrons. The van der Waals surface area contributed by atoms with Crippen LogP contribution in [0.3, 0.4) is 0 Å². The molecule has 1 rings (SSSR count). The second kappa shape index (κ2) is 6.30. The zero-order valence-corrected chi connectivity index (χ0v) is 11.0. The molecule has 15 heavy (non-hydrogen) atoms. The fourth-order valence-electron chi connectivity index (χ4n) is 1.52. The molecule has 0 saturated heterocycles. The summed E-state index contributed by atoms with van der Waals surface area (Å²) in [6.45, 7) is 8.00. The van der Waals surface area contributed by atoms with Crippen LogP contribution < -0.4 is 5.73 Å². The van der Waals surface area contributed by atoms with Gasteiger partial charge in [-0.3, -0.25) is 4.90 Å². The van der Waals surface area contributed by atoms with Crippen molar-refractivity contribution in [2.24, 2.45) is 5.73 Å². The predicted octanol–water partition coefficient (Wildman–Crippen LogP) is 2.39. The molecule has 0 fully saturated rings. The van der Waals surface area contributed by atoms with Gasteiger partial charge in [0.2, 0.25) is 0 Å². The minimum atomic E-state index is 0.630. The van der Waals surface area contributed by atoms with Crippen molar-refractivity contribution in [3.8, 4) is 0 Å². The van der Waals surface area contributed by atoms with Gasteiger partial charge in [0, 0.05) is 18.5 Å². The largest absolute Gasteiger partial charge is 0.454 e. The van der Waals surface area contributed by atoms with E-state index in [0.29, 0.717) is 6.54 Å². The van der Waals surface area contributed by atoms with Gasteiger partial charge in [-0.1, -0.05) is 13.8 Å². The quantitative estimate of drug-likeness (QED) is 0.866. The van der Waals surface area contributed by atoms with Crippen LogP contribution in [0.25, 0.3) is 0 Å². The molecule has 2 N–H and O–H groups in total. The molecule has 0 aromatic carbocycles. The van der Waals surface area contributed by atoms with Crippen LogP contribution in [0.5, 0.6) is 0 Å². The van der Waals surface area contributed by atoms with E-state index in [1.807, 2.05) is 0 Å². The maximum atomic E-state index is 5.55. The maximum absolute atomic E-state index is 5.55. The Kier molecular flexibility index (Phi) is 5.36. The second-order valence-corrected chi connectivity index (χ2v) is 4.23. The van der Waals surface area contributed by atoms with Crippen molar-refractivity contribution in [3.05, 3.63) is 22.1 Å². The highest BCUT2D eigenvalue weighted by Gasteiger charge is 2.10. The van der Waals surface area contributed by atoms with Gasteiger partial charge in [0.1, 0.15) is 5.76 Å². The van der Waals surface area contributed by atoms with E-state index in [1.54, 1.807) is 0 Å². The van der Waals surface area contributed by atoms with Crippen LogP contribution in [0.15, 0.2) is 15.2 Å². The van der Waals surface area contributed by atoms with Crippen LogP contribution in [0.1, 0.15) is 25.2 Å². The Morgan fingerprint density at radius 2 is 2.07 bits per heavy atom. The van der Waals surface area contributed by atoms with Gasteiger partial charge in [0.25, 0.3) is 0 Å². The van der Waals surface area contributed by atoms with E-state index in [-0.39, 0.29) is 0 Å². The molecule has 1 aromatic rings. The Hall–Kier alpha value is -0.320. The smallest absolute Gasteiger partial charge is 0.173 e. The molecule has 86 valence electrons. The minimum Gasteiger partial charge on any atom is -0.454 e. The first-order chi connectivity index (χ1) is 7.21. The van der Waals surface area contributed by atoms with E-state index in [0.717, 1.165) is 36.5 Å². The summed E-state index contributed by atoms with van der Waals surface area (Å²) in [4.78, 5) is 2.35. The Morgan fingerprint density at radius 1 is 1.40 bits per heavy atom. The van der Waals surface area contributed by atoms with Crippen LogP contribution in [0, 0.1) is 0 Å². The summed E-state index contributed by atoms with van der Waals surface area (Å²) in [6, 6.07) is 2.09. The van der Waals surface area contributed by atoms with E-state index in [2.05, 4.69) is 40.7 Å². The maximum Gasteiger partial charge on any atom is 0.173 e. The Labute approximate surface area is 99.7 Å². The normalized spacial score (nSPS) is 11.3. The number of halogens is 1. The lowest BCUT2D eigenvalue weighted by molar-refractivity contribution is 0.293. The standard InChI is InChI=1S/C11H19BrN2O/c1-3-14(4-2)8-9-7-10(5-6-13)15-11(9)12/h7H,3-6,8,13H2,1-2H3. The van der Waals surface area contributed by atoms with Crippen molar-refractivity contribution < 1.29 is 4.42 Å². The minimum absolute atomic E-state index is 0.630. The van der Waals surface area contributed by atoms with Crippen molar-refractivity contribution in [1.82, 2.24) is 4.90 Å². The van der Waals surface area contributed by atoms with E-state index >= 15 is 0 Å². The summed E-state index contributed by atoms with van der Waals surface area (Å²) in [6.07, 6.45) is 0.802. The van der Waals surface area contributed by atoms with Crippen LogP contribution in [-0.4, -0.2) is 24.5 Å². The molecule has 0 bridgehead atoms.